The summed E-state index contributed by atoms with van der Waals surface area (Å²) >= 11 is 1.78. The molecule has 3 aromatic rings. The van der Waals surface area contributed by atoms with Crippen molar-refractivity contribution in [3.8, 4) is 0 Å². The Hall–Kier alpha value is -2.24. The minimum absolute atomic E-state index is 0.261. The van der Waals surface area contributed by atoms with Crippen molar-refractivity contribution >= 4 is 27.5 Å². The first kappa shape index (κ1) is 19.1. The molecule has 146 valence electrons. The highest BCUT2D eigenvalue weighted by molar-refractivity contribution is 7.18. The van der Waals surface area contributed by atoms with Gasteiger partial charge in [-0.25, -0.2) is 4.98 Å². The van der Waals surface area contributed by atoms with Crippen LogP contribution in [0, 0.1) is 6.92 Å². The van der Waals surface area contributed by atoms with Crippen molar-refractivity contribution < 1.29 is 9.69 Å². The van der Waals surface area contributed by atoms with Crippen molar-refractivity contribution in [2.75, 3.05) is 26.7 Å². The molecule has 1 aromatic heterocycles. The zero-order chi connectivity index (χ0) is 19.5. The number of hydrogen-bond donors (Lipinski definition) is 1. The molecule has 1 saturated heterocycles. The van der Waals surface area contributed by atoms with Gasteiger partial charge in [-0.05, 0) is 37.5 Å². The van der Waals surface area contributed by atoms with Gasteiger partial charge in [0.2, 0.25) is 0 Å². The normalized spacial score (nSPS) is 18.4. The van der Waals surface area contributed by atoms with E-state index in [1.54, 1.807) is 11.3 Å². The number of thiazole rings is 1. The summed E-state index contributed by atoms with van der Waals surface area (Å²) in [5, 5.41) is 1.18. The Bertz CT molecular complexity index is 934. The van der Waals surface area contributed by atoms with Crippen LogP contribution in [0.4, 0.5) is 0 Å². The molecule has 2 atom stereocenters. The molecule has 5 heteroatoms. The van der Waals surface area contributed by atoms with Crippen LogP contribution < -0.4 is 4.90 Å². The van der Waals surface area contributed by atoms with Crippen LogP contribution in [0.15, 0.2) is 48.5 Å². The van der Waals surface area contributed by atoms with Crippen molar-refractivity contribution in [1.82, 2.24) is 9.88 Å². The van der Waals surface area contributed by atoms with Gasteiger partial charge in [0.25, 0.3) is 5.91 Å². The zero-order valence-corrected chi connectivity index (χ0v) is 17.5. The fraction of sp³-hybridized carbons (Fsp3) is 0.391. The Morgan fingerprint density at radius 3 is 2.82 bits per heavy atom. The monoisotopic (exact) mass is 394 g/mol. The van der Waals surface area contributed by atoms with E-state index >= 15 is 0 Å². The van der Waals surface area contributed by atoms with Crippen molar-refractivity contribution in [2.45, 2.75) is 32.2 Å². The summed E-state index contributed by atoms with van der Waals surface area (Å²) < 4.78 is 1.24. The van der Waals surface area contributed by atoms with E-state index in [9.17, 15) is 4.79 Å². The lowest BCUT2D eigenvalue weighted by Crippen LogP contribution is -3.09. The molecule has 0 radical (unpaired) electrons. The number of piperidine rings is 1. The molecule has 4 rings (SSSR count). The van der Waals surface area contributed by atoms with Crippen LogP contribution in [0.3, 0.4) is 0 Å². The molecule has 0 bridgehead atoms. The van der Waals surface area contributed by atoms with Gasteiger partial charge in [-0.3, -0.25) is 4.79 Å². The Kier molecular flexibility index (Phi) is 5.74. The number of hydrogen-bond acceptors (Lipinski definition) is 3. The van der Waals surface area contributed by atoms with E-state index in [0.29, 0.717) is 12.5 Å². The summed E-state index contributed by atoms with van der Waals surface area (Å²) in [7, 11) is 2.11. The Balaban J connectivity index is 1.38. The first-order chi connectivity index (χ1) is 13.6. The molecule has 0 saturated carbocycles. The lowest BCUT2D eigenvalue weighted by atomic mass is 9.98. The number of fused-ring (bicyclic) bond motifs is 1. The Labute approximate surface area is 170 Å². The summed E-state index contributed by atoms with van der Waals surface area (Å²) in [5.41, 5.74) is 3.69. The highest BCUT2D eigenvalue weighted by Gasteiger charge is 2.28. The lowest BCUT2D eigenvalue weighted by molar-refractivity contribution is -0.885. The average molecular weight is 395 g/mol. The molecule has 0 spiro atoms. The fourth-order valence-electron chi connectivity index (χ4n) is 4.04. The number of amides is 1. The van der Waals surface area contributed by atoms with E-state index in [1.165, 1.54) is 25.7 Å². The Morgan fingerprint density at radius 2 is 2.00 bits per heavy atom. The molecule has 28 heavy (non-hydrogen) atoms. The molecule has 2 heterocycles. The standard InChI is InChI=1S/C23H27N3OS/c1-17-8-3-4-9-18(17)14-25(2)16-22(27)26-13-7-10-19(15-26)23-24-20-11-5-6-12-21(20)28-23/h3-6,8-9,11-12,19H,7,10,13-16H2,1-2H3/p+1/t19-/m0/s1. The molecule has 1 N–H and O–H groups in total. The number of likely N-dealkylation sites (N-methyl/N-ethyl adjacent to an activating group) is 1. The average Bonchev–Trinajstić information content (AvgIpc) is 3.14. The molecule has 1 aliphatic heterocycles. The first-order valence-corrected chi connectivity index (χ1v) is 10.9. The number of quaternary nitrogens is 1. The number of carbonyl (C=O) groups excluding carboxylic acids is 1. The maximum Gasteiger partial charge on any atom is 0.277 e. The minimum atomic E-state index is 0.261. The third-order valence-corrected chi connectivity index (χ3v) is 6.84. The molecule has 0 aliphatic carbocycles. The molecular formula is C23H28N3OS+. The van der Waals surface area contributed by atoms with Gasteiger partial charge in [-0.2, -0.15) is 0 Å². The van der Waals surface area contributed by atoms with E-state index < -0.39 is 0 Å². The van der Waals surface area contributed by atoms with E-state index in [4.69, 9.17) is 4.98 Å². The lowest BCUT2D eigenvalue weighted by Gasteiger charge is -2.32. The van der Waals surface area contributed by atoms with Crippen molar-refractivity contribution in [3.05, 3.63) is 64.7 Å². The zero-order valence-electron chi connectivity index (χ0n) is 16.6. The number of rotatable bonds is 5. The molecule has 2 aromatic carbocycles. The van der Waals surface area contributed by atoms with Gasteiger partial charge in [0.1, 0.15) is 6.54 Å². The number of benzene rings is 2. The molecule has 1 aliphatic rings. The SMILES string of the molecule is Cc1ccccc1C[NH+](C)CC(=O)N1CCC[C@H](c2nc3ccccc3s2)C1. The van der Waals surface area contributed by atoms with Gasteiger partial charge in [0.15, 0.2) is 6.54 Å². The van der Waals surface area contributed by atoms with Gasteiger partial charge in [-0.15, -0.1) is 11.3 Å². The molecular weight excluding hydrogens is 366 g/mol. The number of aromatic nitrogens is 1. The molecule has 1 amide bonds. The number of likely N-dealkylation sites (tertiary alicyclic amines) is 1. The third kappa shape index (κ3) is 4.26. The maximum absolute atomic E-state index is 12.9. The fourth-order valence-corrected chi connectivity index (χ4v) is 5.13. The van der Waals surface area contributed by atoms with E-state index in [1.807, 2.05) is 6.07 Å². The van der Waals surface area contributed by atoms with Crippen LogP contribution in [0.2, 0.25) is 0 Å². The molecule has 1 unspecified atom stereocenters. The second-order valence-electron chi connectivity index (χ2n) is 7.94. The molecule has 4 nitrogen and oxygen atoms in total. The first-order valence-electron chi connectivity index (χ1n) is 10.1. The van der Waals surface area contributed by atoms with E-state index in [2.05, 4.69) is 61.3 Å². The van der Waals surface area contributed by atoms with Gasteiger partial charge < -0.3 is 9.80 Å². The van der Waals surface area contributed by atoms with Crippen LogP contribution in [0.25, 0.3) is 10.2 Å². The van der Waals surface area contributed by atoms with Gasteiger partial charge in [0.05, 0.1) is 22.3 Å². The number of carbonyl (C=O) groups is 1. The largest absolute Gasteiger partial charge is 0.337 e. The summed E-state index contributed by atoms with van der Waals surface area (Å²) in [6, 6.07) is 16.7. The highest BCUT2D eigenvalue weighted by Crippen LogP contribution is 2.32. The number of para-hydroxylation sites is 1. The number of nitrogens with zero attached hydrogens (tertiary/aromatic N) is 2. The summed E-state index contributed by atoms with van der Waals surface area (Å²) in [6.07, 6.45) is 2.18. The van der Waals surface area contributed by atoms with Crippen LogP contribution in [-0.2, 0) is 11.3 Å². The van der Waals surface area contributed by atoms with Crippen LogP contribution in [-0.4, -0.2) is 42.5 Å². The Morgan fingerprint density at radius 1 is 1.21 bits per heavy atom. The minimum Gasteiger partial charge on any atom is -0.337 e. The van der Waals surface area contributed by atoms with Crippen molar-refractivity contribution in [2.24, 2.45) is 0 Å². The highest BCUT2D eigenvalue weighted by atomic mass is 32.1. The maximum atomic E-state index is 12.9. The number of aryl methyl sites for hydroxylation is 1. The van der Waals surface area contributed by atoms with Crippen LogP contribution in [0.5, 0.6) is 0 Å². The predicted molar refractivity (Wildman–Crippen MR) is 115 cm³/mol. The van der Waals surface area contributed by atoms with Crippen molar-refractivity contribution in [3.63, 3.8) is 0 Å². The quantitative estimate of drug-likeness (QED) is 0.722. The van der Waals surface area contributed by atoms with Gasteiger partial charge in [0, 0.05) is 24.6 Å². The second kappa shape index (κ2) is 8.41. The van der Waals surface area contributed by atoms with Gasteiger partial charge >= 0.3 is 0 Å². The molecule has 1 fully saturated rings. The predicted octanol–water partition coefficient (Wildman–Crippen LogP) is 3.03. The third-order valence-electron chi connectivity index (χ3n) is 5.64. The topological polar surface area (TPSA) is 37.6 Å². The van der Waals surface area contributed by atoms with Crippen LogP contribution >= 0.6 is 11.3 Å². The summed E-state index contributed by atoms with van der Waals surface area (Å²) in [5.74, 6) is 0.628. The van der Waals surface area contributed by atoms with Crippen LogP contribution in [0.1, 0.15) is 34.9 Å². The van der Waals surface area contributed by atoms with E-state index in [-0.39, 0.29) is 5.91 Å². The van der Waals surface area contributed by atoms with E-state index in [0.717, 1.165) is 38.0 Å². The van der Waals surface area contributed by atoms with Crippen molar-refractivity contribution in [1.29, 1.82) is 0 Å². The smallest absolute Gasteiger partial charge is 0.277 e. The summed E-state index contributed by atoms with van der Waals surface area (Å²) in [6.45, 7) is 5.24. The number of nitrogens with one attached hydrogen (secondary N) is 1. The summed E-state index contributed by atoms with van der Waals surface area (Å²) in [4.78, 5) is 21.0. The van der Waals surface area contributed by atoms with Gasteiger partial charge in [-0.1, -0.05) is 36.4 Å². The second-order valence-corrected chi connectivity index (χ2v) is 9.00.